The molecule has 0 spiro atoms. The van der Waals surface area contributed by atoms with E-state index in [1.165, 1.54) is 17.5 Å². The van der Waals surface area contributed by atoms with Crippen molar-refractivity contribution < 1.29 is 23.2 Å². The molecule has 0 saturated carbocycles. The van der Waals surface area contributed by atoms with E-state index in [0.29, 0.717) is 5.75 Å². The van der Waals surface area contributed by atoms with Crippen molar-refractivity contribution >= 4 is 39.5 Å². The highest BCUT2D eigenvalue weighted by molar-refractivity contribution is 8.17. The first kappa shape index (κ1) is 27.5. The predicted molar refractivity (Wildman–Crippen MR) is 134 cm³/mol. The number of sulfonamides is 1. The van der Waals surface area contributed by atoms with Crippen molar-refractivity contribution in [3.05, 3.63) is 54.6 Å². The Morgan fingerprint density at radius 2 is 1.73 bits per heavy atom. The molecule has 0 saturated heterocycles. The van der Waals surface area contributed by atoms with E-state index in [0.717, 1.165) is 4.90 Å². The van der Waals surface area contributed by atoms with Gasteiger partial charge in [0.25, 0.3) is 5.91 Å². The number of methoxy groups -OCH3 is 1. The molecule has 0 aliphatic heterocycles. The Balaban J connectivity index is 2.24. The average molecular weight is 513 g/mol. The van der Waals surface area contributed by atoms with Crippen molar-refractivity contribution in [1.29, 1.82) is 0 Å². The van der Waals surface area contributed by atoms with E-state index in [9.17, 15) is 18.4 Å². The van der Waals surface area contributed by atoms with Gasteiger partial charge < -0.3 is 4.74 Å². The molecule has 2 N–H and O–H groups in total. The van der Waals surface area contributed by atoms with Crippen LogP contribution in [0.3, 0.4) is 0 Å². The molecule has 7 nitrogen and oxygen atoms in total. The maximum absolute atomic E-state index is 13.6. The molecule has 2 atom stereocenters. The van der Waals surface area contributed by atoms with Gasteiger partial charge in [-0.05, 0) is 49.3 Å². The van der Waals surface area contributed by atoms with Crippen LogP contribution in [0.25, 0.3) is 0 Å². The normalized spacial score (nSPS) is 13.7. The molecule has 0 heterocycles. The number of amides is 1. The van der Waals surface area contributed by atoms with Crippen LogP contribution in [0.15, 0.2) is 64.4 Å². The molecule has 1 amide bonds. The maximum atomic E-state index is 13.6. The first-order valence-electron chi connectivity index (χ1n) is 10.6. The van der Waals surface area contributed by atoms with Gasteiger partial charge in [0.2, 0.25) is 10.0 Å². The molecule has 2 rings (SSSR count). The number of para-hydroxylation sites is 1. The predicted octanol–water partition coefficient (Wildman–Crippen LogP) is 4.48. The third-order valence-electron chi connectivity index (χ3n) is 4.75. The minimum Gasteiger partial charge on any atom is -0.495 e. The van der Waals surface area contributed by atoms with Gasteiger partial charge in [-0.3, -0.25) is 10.0 Å². The van der Waals surface area contributed by atoms with E-state index in [-0.39, 0.29) is 34.1 Å². The highest BCUT2D eigenvalue weighted by atomic mass is 32.2. The minimum atomic E-state index is -4.07. The van der Waals surface area contributed by atoms with E-state index in [1.54, 1.807) is 47.2 Å². The number of hydroxylamine groups is 1. The number of ether oxygens (including phenoxy) is 1. The lowest BCUT2D eigenvalue weighted by Crippen LogP contribution is -2.50. The molecule has 2 aromatic carbocycles. The molecule has 10 heteroatoms. The van der Waals surface area contributed by atoms with Crippen LogP contribution in [0.4, 0.5) is 0 Å². The highest BCUT2D eigenvalue weighted by Crippen LogP contribution is 2.33. The third-order valence-corrected chi connectivity index (χ3v) is 9.18. The molecular weight excluding hydrogens is 480 g/mol. The summed E-state index contributed by atoms with van der Waals surface area (Å²) in [6, 6.07) is 15.3. The SMILES string of the molecule is COc1ccccc1S(=O)(=O)N(CC(C)C)C(CCSC(C)Sc1ccccc1)C(=O)NO. The van der Waals surface area contributed by atoms with Crippen LogP contribution < -0.4 is 10.2 Å². The number of nitrogens with zero attached hydrogens (tertiary/aromatic N) is 1. The van der Waals surface area contributed by atoms with Gasteiger partial charge in [0, 0.05) is 11.4 Å². The summed E-state index contributed by atoms with van der Waals surface area (Å²) >= 11 is 3.33. The summed E-state index contributed by atoms with van der Waals surface area (Å²) in [7, 11) is -2.67. The fraction of sp³-hybridized carbons (Fsp3) is 0.435. The van der Waals surface area contributed by atoms with Gasteiger partial charge in [-0.1, -0.05) is 44.2 Å². The number of carbonyl (C=O) groups excluding carboxylic acids is 1. The Hall–Kier alpha value is -1.72. The van der Waals surface area contributed by atoms with Crippen LogP contribution in [0.2, 0.25) is 0 Å². The van der Waals surface area contributed by atoms with E-state index < -0.39 is 22.0 Å². The zero-order chi connectivity index (χ0) is 24.4. The summed E-state index contributed by atoms with van der Waals surface area (Å²) in [4.78, 5) is 13.8. The Morgan fingerprint density at radius 1 is 1.09 bits per heavy atom. The number of carbonyl (C=O) groups is 1. The zero-order valence-electron chi connectivity index (χ0n) is 19.3. The van der Waals surface area contributed by atoms with Crippen molar-refractivity contribution in [3.8, 4) is 5.75 Å². The first-order chi connectivity index (χ1) is 15.7. The van der Waals surface area contributed by atoms with Gasteiger partial charge in [-0.2, -0.15) is 4.31 Å². The quantitative estimate of drug-likeness (QED) is 0.177. The Kier molecular flexibility index (Phi) is 11.0. The standard InChI is InChI=1S/C23H32N2O5S3/c1-17(2)16-25(33(28,29)22-13-9-8-12-21(22)30-4)20(23(26)24-27)14-15-31-18(3)32-19-10-6-5-7-11-19/h5-13,17-18,20,27H,14-16H2,1-4H3,(H,24,26). The molecule has 0 fully saturated rings. The molecule has 0 aliphatic carbocycles. The van der Waals surface area contributed by atoms with E-state index in [2.05, 4.69) is 6.92 Å². The third kappa shape index (κ3) is 7.92. The van der Waals surface area contributed by atoms with Crippen LogP contribution in [-0.2, 0) is 14.8 Å². The fourth-order valence-electron chi connectivity index (χ4n) is 3.26. The van der Waals surface area contributed by atoms with Crippen LogP contribution >= 0.6 is 23.5 Å². The summed E-state index contributed by atoms with van der Waals surface area (Å²) in [5.41, 5.74) is 1.66. The topological polar surface area (TPSA) is 95.9 Å². The van der Waals surface area contributed by atoms with Crippen molar-refractivity contribution in [2.45, 2.75) is 47.6 Å². The van der Waals surface area contributed by atoms with Crippen LogP contribution in [0.1, 0.15) is 27.2 Å². The second kappa shape index (κ2) is 13.2. The number of thioether (sulfide) groups is 2. The second-order valence-corrected chi connectivity index (χ2v) is 12.8. The average Bonchev–Trinajstić information content (AvgIpc) is 2.80. The van der Waals surface area contributed by atoms with Crippen LogP contribution in [0, 0.1) is 5.92 Å². The zero-order valence-corrected chi connectivity index (χ0v) is 21.8. The summed E-state index contributed by atoms with van der Waals surface area (Å²) in [5.74, 6) is -0.0479. The maximum Gasteiger partial charge on any atom is 0.261 e. The van der Waals surface area contributed by atoms with Gasteiger partial charge in [-0.25, -0.2) is 13.9 Å². The largest absolute Gasteiger partial charge is 0.495 e. The number of nitrogens with one attached hydrogen (secondary N) is 1. The van der Waals surface area contributed by atoms with E-state index in [1.807, 2.05) is 44.2 Å². The molecule has 2 aromatic rings. The molecule has 0 radical (unpaired) electrons. The molecular formula is C23H32N2O5S3. The number of benzene rings is 2. The lowest BCUT2D eigenvalue weighted by molar-refractivity contribution is -0.133. The summed E-state index contributed by atoms with van der Waals surface area (Å²) in [6.07, 6.45) is 0.248. The summed E-state index contributed by atoms with van der Waals surface area (Å²) in [6.45, 7) is 5.95. The van der Waals surface area contributed by atoms with Crippen molar-refractivity contribution in [3.63, 3.8) is 0 Å². The summed E-state index contributed by atoms with van der Waals surface area (Å²) < 4.78 is 33.9. The van der Waals surface area contributed by atoms with Crippen LogP contribution in [0.5, 0.6) is 5.75 Å². The smallest absolute Gasteiger partial charge is 0.261 e. The first-order valence-corrected chi connectivity index (χ1v) is 14.0. The van der Waals surface area contributed by atoms with Gasteiger partial charge in [0.15, 0.2) is 0 Å². The van der Waals surface area contributed by atoms with Crippen molar-refractivity contribution in [2.24, 2.45) is 5.92 Å². The monoisotopic (exact) mass is 512 g/mol. The lowest BCUT2D eigenvalue weighted by atomic mass is 10.1. The van der Waals surface area contributed by atoms with Crippen LogP contribution in [-0.4, -0.2) is 53.9 Å². The van der Waals surface area contributed by atoms with Crippen molar-refractivity contribution in [2.75, 3.05) is 19.4 Å². The van der Waals surface area contributed by atoms with Gasteiger partial charge >= 0.3 is 0 Å². The minimum absolute atomic E-state index is 0.00968. The molecule has 182 valence electrons. The Labute approximate surface area is 205 Å². The van der Waals surface area contributed by atoms with Crippen molar-refractivity contribution in [1.82, 2.24) is 9.79 Å². The van der Waals surface area contributed by atoms with E-state index >= 15 is 0 Å². The number of rotatable bonds is 13. The molecule has 0 bridgehead atoms. The molecule has 0 aliphatic rings. The Morgan fingerprint density at radius 3 is 2.33 bits per heavy atom. The molecule has 33 heavy (non-hydrogen) atoms. The number of hydrogen-bond donors (Lipinski definition) is 2. The fourth-order valence-corrected chi connectivity index (χ4v) is 7.48. The van der Waals surface area contributed by atoms with Gasteiger partial charge in [-0.15, -0.1) is 23.5 Å². The lowest BCUT2D eigenvalue weighted by Gasteiger charge is -2.31. The highest BCUT2D eigenvalue weighted by Gasteiger charge is 2.37. The van der Waals surface area contributed by atoms with E-state index in [4.69, 9.17) is 4.74 Å². The summed E-state index contributed by atoms with van der Waals surface area (Å²) in [5, 5.41) is 9.37. The van der Waals surface area contributed by atoms with Gasteiger partial charge in [0.1, 0.15) is 16.7 Å². The molecule has 0 aromatic heterocycles. The molecule has 2 unspecified atom stereocenters. The Bertz CT molecular complexity index is 987. The number of hydrogen-bond acceptors (Lipinski definition) is 7. The van der Waals surface area contributed by atoms with Gasteiger partial charge in [0.05, 0.1) is 11.7 Å². The second-order valence-electron chi connectivity index (χ2n) is 7.77.